The number of aryl methyl sites for hydroxylation is 1. The van der Waals surface area contributed by atoms with E-state index in [4.69, 9.17) is 32.7 Å². The second kappa shape index (κ2) is 9.24. The van der Waals surface area contributed by atoms with Gasteiger partial charge in [0.05, 0.1) is 25.5 Å². The minimum absolute atomic E-state index is 0.0790. The highest BCUT2D eigenvalue weighted by atomic mass is 35.5. The Kier molecular flexibility index (Phi) is 6.46. The summed E-state index contributed by atoms with van der Waals surface area (Å²) in [6, 6.07) is 6.81. The van der Waals surface area contributed by atoms with Crippen LogP contribution in [0, 0.1) is 0 Å². The molecule has 0 bridgehead atoms. The molecular formula is C20H22Cl2N4O4. The smallest absolute Gasteiger partial charge is 0.410 e. The van der Waals surface area contributed by atoms with Crippen molar-refractivity contribution in [2.24, 2.45) is 0 Å². The van der Waals surface area contributed by atoms with E-state index >= 15 is 0 Å². The molecule has 0 aliphatic carbocycles. The minimum Gasteiger partial charge on any atom is -0.445 e. The lowest BCUT2D eigenvalue weighted by Gasteiger charge is -2.26. The minimum atomic E-state index is -0.429. The number of nitrogens with zero attached hydrogens (tertiary/aromatic N) is 4. The molecule has 3 heterocycles. The van der Waals surface area contributed by atoms with Crippen molar-refractivity contribution in [3.05, 3.63) is 51.3 Å². The standard InChI is InChI=1S/C20H22Cl2N4O4/c21-15-8-14(9-16(22)10-15)13-30-20(28)25-2-1-3-26-17(12-25)11-18(23-26)19(27)24-4-6-29-7-5-24/h8-11H,1-7,12-13H2. The molecule has 1 saturated heterocycles. The third kappa shape index (κ3) is 4.88. The van der Waals surface area contributed by atoms with Crippen LogP contribution in [0.1, 0.15) is 28.2 Å². The van der Waals surface area contributed by atoms with E-state index in [0.29, 0.717) is 61.7 Å². The molecule has 1 aromatic carbocycles. The van der Waals surface area contributed by atoms with Gasteiger partial charge in [-0.15, -0.1) is 0 Å². The van der Waals surface area contributed by atoms with Gasteiger partial charge >= 0.3 is 6.09 Å². The lowest BCUT2D eigenvalue weighted by atomic mass is 10.2. The second-order valence-electron chi connectivity index (χ2n) is 7.26. The first-order valence-corrected chi connectivity index (χ1v) is 10.6. The van der Waals surface area contributed by atoms with Crippen LogP contribution in [-0.2, 0) is 29.2 Å². The van der Waals surface area contributed by atoms with E-state index in [2.05, 4.69) is 5.10 Å². The van der Waals surface area contributed by atoms with Crippen LogP contribution in [0.4, 0.5) is 4.79 Å². The number of amides is 2. The van der Waals surface area contributed by atoms with Gasteiger partial charge < -0.3 is 19.3 Å². The second-order valence-corrected chi connectivity index (χ2v) is 8.13. The highest BCUT2D eigenvalue weighted by Gasteiger charge is 2.26. The van der Waals surface area contributed by atoms with Gasteiger partial charge in [0.15, 0.2) is 5.69 Å². The summed E-state index contributed by atoms with van der Waals surface area (Å²) in [5.41, 5.74) is 1.93. The van der Waals surface area contributed by atoms with Crippen LogP contribution in [0.15, 0.2) is 24.3 Å². The van der Waals surface area contributed by atoms with E-state index in [0.717, 1.165) is 17.7 Å². The van der Waals surface area contributed by atoms with Gasteiger partial charge in [0.2, 0.25) is 0 Å². The summed E-state index contributed by atoms with van der Waals surface area (Å²) < 4.78 is 12.6. The number of rotatable bonds is 3. The first-order valence-electron chi connectivity index (χ1n) is 9.80. The number of morpholine rings is 1. The van der Waals surface area contributed by atoms with Crippen molar-refractivity contribution in [2.75, 3.05) is 32.8 Å². The maximum Gasteiger partial charge on any atom is 0.410 e. The molecule has 2 aliphatic heterocycles. The topological polar surface area (TPSA) is 76.9 Å². The van der Waals surface area contributed by atoms with Crippen molar-refractivity contribution in [3.63, 3.8) is 0 Å². The molecule has 0 atom stereocenters. The molecule has 2 amide bonds. The van der Waals surface area contributed by atoms with Crippen molar-refractivity contribution in [1.82, 2.24) is 19.6 Å². The van der Waals surface area contributed by atoms with Gasteiger partial charge in [-0.25, -0.2) is 4.79 Å². The van der Waals surface area contributed by atoms with Gasteiger partial charge in [-0.05, 0) is 36.2 Å². The van der Waals surface area contributed by atoms with Gasteiger partial charge in [-0.3, -0.25) is 9.48 Å². The highest BCUT2D eigenvalue weighted by molar-refractivity contribution is 6.34. The van der Waals surface area contributed by atoms with Crippen molar-refractivity contribution in [2.45, 2.75) is 26.1 Å². The highest BCUT2D eigenvalue weighted by Crippen LogP contribution is 2.21. The molecular weight excluding hydrogens is 431 g/mol. The number of aromatic nitrogens is 2. The Balaban J connectivity index is 1.40. The van der Waals surface area contributed by atoms with E-state index in [1.807, 2.05) is 0 Å². The summed E-state index contributed by atoms with van der Waals surface area (Å²) >= 11 is 12.0. The molecule has 0 unspecified atom stereocenters. The Morgan fingerprint density at radius 3 is 2.47 bits per heavy atom. The van der Waals surface area contributed by atoms with Crippen LogP contribution in [0.2, 0.25) is 10.0 Å². The van der Waals surface area contributed by atoms with Crippen LogP contribution in [-0.4, -0.2) is 64.4 Å². The number of hydrogen-bond donors (Lipinski definition) is 0. The summed E-state index contributed by atoms with van der Waals surface area (Å²) in [6.07, 6.45) is 0.291. The predicted molar refractivity (Wildman–Crippen MR) is 111 cm³/mol. The summed E-state index contributed by atoms with van der Waals surface area (Å²) in [5.74, 6) is -0.106. The maximum absolute atomic E-state index is 12.7. The number of carbonyl (C=O) groups excluding carboxylic acids is 2. The first-order chi connectivity index (χ1) is 14.5. The Labute approximate surface area is 184 Å². The Morgan fingerprint density at radius 2 is 1.73 bits per heavy atom. The Morgan fingerprint density at radius 1 is 1.00 bits per heavy atom. The number of hydrogen-bond acceptors (Lipinski definition) is 5. The molecule has 2 aliphatic rings. The molecule has 4 rings (SSSR count). The molecule has 1 fully saturated rings. The van der Waals surface area contributed by atoms with Crippen LogP contribution in [0.25, 0.3) is 0 Å². The molecule has 0 N–H and O–H groups in total. The van der Waals surface area contributed by atoms with E-state index in [1.54, 1.807) is 38.7 Å². The normalized spacial score (nSPS) is 16.7. The number of fused-ring (bicyclic) bond motifs is 1. The number of benzene rings is 1. The molecule has 1 aromatic heterocycles. The third-order valence-electron chi connectivity index (χ3n) is 5.07. The van der Waals surface area contributed by atoms with E-state index < -0.39 is 6.09 Å². The van der Waals surface area contributed by atoms with Crippen LogP contribution >= 0.6 is 23.2 Å². The number of halogens is 2. The summed E-state index contributed by atoms with van der Waals surface area (Å²) in [7, 11) is 0. The van der Waals surface area contributed by atoms with Crippen LogP contribution < -0.4 is 0 Å². The summed E-state index contributed by atoms with van der Waals surface area (Å²) in [4.78, 5) is 28.7. The van der Waals surface area contributed by atoms with Gasteiger partial charge in [0.25, 0.3) is 5.91 Å². The lowest BCUT2D eigenvalue weighted by molar-refractivity contribution is 0.0298. The molecule has 8 nitrogen and oxygen atoms in total. The first kappa shape index (κ1) is 21.0. The summed E-state index contributed by atoms with van der Waals surface area (Å²) in [6.45, 7) is 3.80. The van der Waals surface area contributed by atoms with Crippen molar-refractivity contribution in [3.8, 4) is 0 Å². The molecule has 0 spiro atoms. The zero-order valence-electron chi connectivity index (χ0n) is 16.4. The molecule has 0 radical (unpaired) electrons. The molecule has 0 saturated carbocycles. The number of ether oxygens (including phenoxy) is 2. The Bertz CT molecular complexity index is 923. The zero-order valence-corrected chi connectivity index (χ0v) is 17.9. The third-order valence-corrected chi connectivity index (χ3v) is 5.51. The van der Waals surface area contributed by atoms with E-state index in [-0.39, 0.29) is 12.5 Å². The van der Waals surface area contributed by atoms with Crippen molar-refractivity contribution >= 4 is 35.2 Å². The fourth-order valence-electron chi connectivity index (χ4n) is 3.58. The van der Waals surface area contributed by atoms with E-state index in [1.165, 1.54) is 0 Å². The van der Waals surface area contributed by atoms with Gasteiger partial charge in [0.1, 0.15) is 6.61 Å². The summed E-state index contributed by atoms with van der Waals surface area (Å²) in [5, 5.41) is 5.45. The molecule has 160 valence electrons. The Hall–Kier alpha value is -2.29. The van der Waals surface area contributed by atoms with Gasteiger partial charge in [-0.2, -0.15) is 5.10 Å². The fourth-order valence-corrected chi connectivity index (χ4v) is 4.15. The quantitative estimate of drug-likeness (QED) is 0.714. The largest absolute Gasteiger partial charge is 0.445 e. The number of carbonyl (C=O) groups is 2. The van der Waals surface area contributed by atoms with E-state index in [9.17, 15) is 9.59 Å². The molecule has 30 heavy (non-hydrogen) atoms. The molecule has 10 heteroatoms. The average molecular weight is 453 g/mol. The maximum atomic E-state index is 12.7. The average Bonchev–Trinajstić information content (AvgIpc) is 3.02. The zero-order chi connectivity index (χ0) is 21.1. The lowest BCUT2D eigenvalue weighted by Crippen LogP contribution is -2.40. The van der Waals surface area contributed by atoms with Crippen LogP contribution in [0.3, 0.4) is 0 Å². The monoisotopic (exact) mass is 452 g/mol. The SMILES string of the molecule is O=C(OCc1cc(Cl)cc(Cl)c1)N1CCCn2nc(C(=O)N3CCOCC3)cc2C1. The molecule has 2 aromatic rings. The predicted octanol–water partition coefficient (Wildman–Crippen LogP) is 3.20. The van der Waals surface area contributed by atoms with Crippen molar-refractivity contribution < 1.29 is 19.1 Å². The van der Waals surface area contributed by atoms with Gasteiger partial charge in [0, 0.05) is 36.2 Å². The van der Waals surface area contributed by atoms with Gasteiger partial charge in [-0.1, -0.05) is 23.2 Å². The van der Waals surface area contributed by atoms with Crippen molar-refractivity contribution in [1.29, 1.82) is 0 Å². The fraction of sp³-hybridized carbons (Fsp3) is 0.450. The van der Waals surface area contributed by atoms with Crippen LogP contribution in [0.5, 0.6) is 0 Å².